The summed E-state index contributed by atoms with van der Waals surface area (Å²) in [4.78, 5) is 11.7. The van der Waals surface area contributed by atoms with Crippen LogP contribution in [0.1, 0.15) is 29.8 Å². The molecule has 0 spiro atoms. The van der Waals surface area contributed by atoms with Crippen molar-refractivity contribution < 1.29 is 9.18 Å². The van der Waals surface area contributed by atoms with E-state index in [1.807, 2.05) is 42.7 Å². The molecule has 3 aromatic carbocycles. The smallest absolute Gasteiger partial charge is 0.250 e. The third-order valence-corrected chi connectivity index (χ3v) is 4.65. The Kier molecular flexibility index (Phi) is 5.47. The van der Waals surface area contributed by atoms with E-state index in [2.05, 4.69) is 18.2 Å². The summed E-state index contributed by atoms with van der Waals surface area (Å²) in [5.74, 6) is -1.16. The van der Waals surface area contributed by atoms with Crippen LogP contribution >= 0.6 is 11.6 Å². The fourth-order valence-electron chi connectivity index (χ4n) is 3.15. The molecule has 1 heterocycles. The van der Waals surface area contributed by atoms with Gasteiger partial charge >= 0.3 is 0 Å². The standard InChI is InChI=1S/C20H14ClFN2O.C2H6/c21-17-9-19-15(8-18(17)22)16(20(23)25)11-24(19)10-12-5-6-13-3-1-2-4-14(13)7-12;1-2/h1-9,11H,10H2,(H2,23,25);1-2H3. The molecule has 4 aromatic rings. The van der Waals surface area contributed by atoms with E-state index in [1.54, 1.807) is 6.20 Å². The minimum Gasteiger partial charge on any atom is -0.366 e. The summed E-state index contributed by atoms with van der Waals surface area (Å²) in [5, 5.41) is 2.78. The second kappa shape index (κ2) is 7.80. The molecule has 0 aliphatic rings. The third-order valence-electron chi connectivity index (χ3n) is 4.36. The van der Waals surface area contributed by atoms with Crippen LogP contribution in [0, 0.1) is 5.82 Å². The van der Waals surface area contributed by atoms with Crippen LogP contribution in [0.5, 0.6) is 0 Å². The van der Waals surface area contributed by atoms with Crippen LogP contribution in [0.3, 0.4) is 0 Å². The number of nitrogens with two attached hydrogens (primary N) is 1. The predicted octanol–water partition coefficient (Wildman–Crippen LogP) is 5.76. The van der Waals surface area contributed by atoms with Gasteiger partial charge < -0.3 is 10.3 Å². The number of carbonyl (C=O) groups is 1. The van der Waals surface area contributed by atoms with Gasteiger partial charge in [0.05, 0.1) is 16.1 Å². The minimum atomic E-state index is -0.594. The molecular formula is C22H20ClFN2O. The lowest BCUT2D eigenvalue weighted by Gasteiger charge is -2.08. The SMILES string of the molecule is CC.NC(=O)c1cn(Cc2ccc3ccccc3c2)c2cc(Cl)c(F)cc12. The van der Waals surface area contributed by atoms with E-state index in [1.165, 1.54) is 12.1 Å². The molecule has 0 radical (unpaired) electrons. The Balaban J connectivity index is 0.00000102. The predicted molar refractivity (Wildman–Crippen MR) is 110 cm³/mol. The Morgan fingerprint density at radius 2 is 1.78 bits per heavy atom. The van der Waals surface area contributed by atoms with E-state index in [0.717, 1.165) is 16.3 Å². The quantitative estimate of drug-likeness (QED) is 0.481. The molecule has 0 fully saturated rings. The first-order valence-electron chi connectivity index (χ1n) is 8.78. The average Bonchev–Trinajstić information content (AvgIpc) is 3.01. The normalized spacial score (nSPS) is 10.7. The molecule has 138 valence electrons. The van der Waals surface area contributed by atoms with Crippen molar-refractivity contribution in [2.45, 2.75) is 20.4 Å². The Bertz CT molecular complexity index is 1130. The number of amides is 1. The highest BCUT2D eigenvalue weighted by Crippen LogP contribution is 2.28. The summed E-state index contributed by atoms with van der Waals surface area (Å²) < 4.78 is 15.7. The van der Waals surface area contributed by atoms with E-state index in [-0.39, 0.29) is 10.6 Å². The van der Waals surface area contributed by atoms with Gasteiger partial charge in [0.15, 0.2) is 0 Å². The monoisotopic (exact) mass is 382 g/mol. The molecule has 0 saturated carbocycles. The maximum Gasteiger partial charge on any atom is 0.250 e. The van der Waals surface area contributed by atoms with E-state index < -0.39 is 11.7 Å². The number of carbonyl (C=O) groups excluding carboxylic acids is 1. The molecule has 0 aliphatic carbocycles. The number of hydrogen-bond donors (Lipinski definition) is 1. The van der Waals surface area contributed by atoms with Crippen molar-refractivity contribution in [1.29, 1.82) is 0 Å². The number of halogens is 2. The molecule has 5 heteroatoms. The molecule has 0 unspecified atom stereocenters. The second-order valence-electron chi connectivity index (χ2n) is 6.00. The second-order valence-corrected chi connectivity index (χ2v) is 6.41. The van der Waals surface area contributed by atoms with Crippen molar-refractivity contribution >= 4 is 39.2 Å². The average molecular weight is 383 g/mol. The molecule has 0 bridgehead atoms. The fraction of sp³-hybridized carbons (Fsp3) is 0.136. The number of aromatic nitrogens is 1. The lowest BCUT2D eigenvalue weighted by molar-refractivity contribution is 0.100. The zero-order valence-corrected chi connectivity index (χ0v) is 15.9. The van der Waals surface area contributed by atoms with Crippen LogP contribution in [0.25, 0.3) is 21.7 Å². The molecular weight excluding hydrogens is 363 g/mol. The highest BCUT2D eigenvalue weighted by Gasteiger charge is 2.15. The van der Waals surface area contributed by atoms with Crippen LogP contribution in [0.15, 0.2) is 60.8 Å². The van der Waals surface area contributed by atoms with Crippen molar-refractivity contribution in [3.05, 3.63) is 82.8 Å². The zero-order chi connectivity index (χ0) is 19.6. The summed E-state index contributed by atoms with van der Waals surface area (Å²) in [6.07, 6.45) is 1.65. The summed E-state index contributed by atoms with van der Waals surface area (Å²) in [6, 6.07) is 17.1. The lowest BCUT2D eigenvalue weighted by Crippen LogP contribution is -2.10. The number of benzene rings is 3. The van der Waals surface area contributed by atoms with Crippen LogP contribution in [-0.4, -0.2) is 10.5 Å². The Morgan fingerprint density at radius 1 is 1.07 bits per heavy atom. The molecule has 1 amide bonds. The highest BCUT2D eigenvalue weighted by molar-refractivity contribution is 6.31. The van der Waals surface area contributed by atoms with Crippen molar-refractivity contribution in [2.24, 2.45) is 5.73 Å². The maximum absolute atomic E-state index is 13.8. The van der Waals surface area contributed by atoms with Gasteiger partial charge in [0.1, 0.15) is 5.82 Å². The van der Waals surface area contributed by atoms with Gasteiger partial charge in [0.2, 0.25) is 0 Å². The van der Waals surface area contributed by atoms with Crippen LogP contribution in [-0.2, 0) is 6.54 Å². The Morgan fingerprint density at radius 3 is 2.48 bits per heavy atom. The summed E-state index contributed by atoms with van der Waals surface area (Å²) in [6.45, 7) is 4.52. The largest absolute Gasteiger partial charge is 0.366 e. The summed E-state index contributed by atoms with van der Waals surface area (Å²) in [7, 11) is 0. The summed E-state index contributed by atoms with van der Waals surface area (Å²) in [5.41, 5.74) is 7.46. The van der Waals surface area contributed by atoms with Crippen molar-refractivity contribution in [2.75, 3.05) is 0 Å². The van der Waals surface area contributed by atoms with Crippen molar-refractivity contribution in [3.8, 4) is 0 Å². The molecule has 1 aromatic heterocycles. The van der Waals surface area contributed by atoms with Crippen molar-refractivity contribution in [1.82, 2.24) is 4.57 Å². The minimum absolute atomic E-state index is 0.0152. The summed E-state index contributed by atoms with van der Waals surface area (Å²) >= 11 is 5.93. The first-order valence-corrected chi connectivity index (χ1v) is 9.16. The number of primary amides is 1. The first-order chi connectivity index (χ1) is 13.0. The topological polar surface area (TPSA) is 48.0 Å². The molecule has 27 heavy (non-hydrogen) atoms. The number of hydrogen-bond acceptors (Lipinski definition) is 1. The zero-order valence-electron chi connectivity index (χ0n) is 15.2. The highest BCUT2D eigenvalue weighted by atomic mass is 35.5. The first kappa shape index (κ1) is 18.9. The third kappa shape index (κ3) is 3.67. The van der Waals surface area contributed by atoms with Crippen LogP contribution in [0.4, 0.5) is 4.39 Å². The van der Waals surface area contributed by atoms with Gasteiger partial charge in [-0.15, -0.1) is 0 Å². The fourth-order valence-corrected chi connectivity index (χ4v) is 3.30. The molecule has 3 nitrogen and oxygen atoms in total. The number of rotatable bonds is 3. The van der Waals surface area contributed by atoms with E-state index in [4.69, 9.17) is 17.3 Å². The van der Waals surface area contributed by atoms with Gasteiger partial charge in [-0.25, -0.2) is 4.39 Å². The molecule has 0 aliphatic heterocycles. The number of fused-ring (bicyclic) bond motifs is 2. The van der Waals surface area contributed by atoms with Crippen LogP contribution < -0.4 is 5.73 Å². The van der Waals surface area contributed by atoms with Gasteiger partial charge in [0.25, 0.3) is 5.91 Å². The van der Waals surface area contributed by atoms with Gasteiger partial charge in [-0.1, -0.05) is 61.8 Å². The molecule has 0 saturated heterocycles. The van der Waals surface area contributed by atoms with Gasteiger partial charge in [-0.2, -0.15) is 0 Å². The molecule has 0 atom stereocenters. The van der Waals surface area contributed by atoms with E-state index in [0.29, 0.717) is 17.4 Å². The number of nitrogens with zero attached hydrogens (tertiary/aromatic N) is 1. The Hall–Kier alpha value is -2.85. The van der Waals surface area contributed by atoms with Crippen LogP contribution in [0.2, 0.25) is 5.02 Å². The molecule has 4 rings (SSSR count). The van der Waals surface area contributed by atoms with Crippen molar-refractivity contribution in [3.63, 3.8) is 0 Å². The maximum atomic E-state index is 13.8. The Labute approximate surface area is 162 Å². The van der Waals surface area contributed by atoms with E-state index >= 15 is 0 Å². The van der Waals surface area contributed by atoms with Gasteiger partial charge in [-0.05, 0) is 34.5 Å². The van der Waals surface area contributed by atoms with Gasteiger partial charge in [0, 0.05) is 18.1 Å². The van der Waals surface area contributed by atoms with E-state index in [9.17, 15) is 9.18 Å². The van der Waals surface area contributed by atoms with Gasteiger partial charge in [-0.3, -0.25) is 4.79 Å². The molecule has 2 N–H and O–H groups in total. The lowest BCUT2D eigenvalue weighted by atomic mass is 10.1.